The molecule has 0 heterocycles. The maximum Gasteiger partial charge on any atom is 0.335 e. The second-order valence-electron chi connectivity index (χ2n) is 3.12. The van der Waals surface area contributed by atoms with Gasteiger partial charge in [0.15, 0.2) is 0 Å². The van der Waals surface area contributed by atoms with Gasteiger partial charge in [0.1, 0.15) is 0 Å². The maximum absolute atomic E-state index is 10.5. The Morgan fingerprint density at radius 3 is 2.06 bits per heavy atom. The summed E-state index contributed by atoms with van der Waals surface area (Å²) < 4.78 is 0. The third-order valence-corrected chi connectivity index (χ3v) is 1.83. The van der Waals surface area contributed by atoms with Crippen molar-refractivity contribution in [3.8, 4) is 6.07 Å². The van der Waals surface area contributed by atoms with Crippen molar-refractivity contribution in [3.63, 3.8) is 0 Å². The Morgan fingerprint density at radius 2 is 1.71 bits per heavy atom. The van der Waals surface area contributed by atoms with Crippen molar-refractivity contribution in [2.75, 3.05) is 0 Å². The highest BCUT2D eigenvalue weighted by atomic mass is 16.4. The van der Waals surface area contributed by atoms with E-state index < -0.39 is 11.9 Å². The Bertz CT molecular complexity index is 417. The molecule has 90 valence electrons. The molecule has 0 saturated carbocycles. The lowest BCUT2D eigenvalue weighted by molar-refractivity contribution is -0.136. The van der Waals surface area contributed by atoms with E-state index in [0.29, 0.717) is 6.42 Å². The number of nitriles is 1. The van der Waals surface area contributed by atoms with Crippen molar-refractivity contribution in [2.24, 2.45) is 0 Å². The topological polar surface area (TPSA) is 98.4 Å². The first-order valence-corrected chi connectivity index (χ1v) is 4.86. The molecule has 0 bridgehead atoms. The molecule has 0 radical (unpaired) electrons. The predicted molar refractivity (Wildman–Crippen MR) is 60.6 cm³/mol. The summed E-state index contributed by atoms with van der Waals surface area (Å²) in [5.41, 5.74) is 1.04. The fourth-order valence-electron chi connectivity index (χ4n) is 1.07. The van der Waals surface area contributed by atoms with Gasteiger partial charge in [-0.3, -0.25) is 4.79 Å². The lowest BCUT2D eigenvalue weighted by Gasteiger charge is -1.99. The van der Waals surface area contributed by atoms with Gasteiger partial charge < -0.3 is 10.2 Å². The van der Waals surface area contributed by atoms with Crippen LogP contribution in [0.25, 0.3) is 0 Å². The first kappa shape index (κ1) is 14.6. The van der Waals surface area contributed by atoms with Crippen LogP contribution in [0.4, 0.5) is 0 Å². The van der Waals surface area contributed by atoms with E-state index in [2.05, 4.69) is 0 Å². The molecule has 0 atom stereocenters. The van der Waals surface area contributed by atoms with E-state index in [-0.39, 0.29) is 12.0 Å². The van der Waals surface area contributed by atoms with Gasteiger partial charge in [0.05, 0.1) is 11.6 Å². The van der Waals surface area contributed by atoms with E-state index in [1.165, 1.54) is 19.1 Å². The van der Waals surface area contributed by atoms with Crippen LogP contribution < -0.4 is 0 Å². The zero-order chi connectivity index (χ0) is 13.3. The Kier molecular flexibility index (Phi) is 6.79. The number of aliphatic carboxylic acids is 1. The van der Waals surface area contributed by atoms with Crippen LogP contribution in [0.5, 0.6) is 0 Å². The molecule has 5 heteroatoms. The first-order valence-electron chi connectivity index (χ1n) is 4.86. The molecule has 0 saturated heterocycles. The van der Waals surface area contributed by atoms with Gasteiger partial charge in [-0.1, -0.05) is 12.1 Å². The molecule has 0 aliphatic heterocycles. The summed E-state index contributed by atoms with van der Waals surface area (Å²) in [6, 6.07) is 7.96. The minimum atomic E-state index is -0.977. The van der Waals surface area contributed by atoms with Gasteiger partial charge in [-0.25, -0.2) is 4.79 Å². The van der Waals surface area contributed by atoms with E-state index in [4.69, 9.17) is 15.5 Å². The number of benzene rings is 1. The standard InChI is InChI=1S/C10H10O4.C2H3N/c11-9(12)6-3-7-1-4-8(5-2-7)10(13)14;1-2-3/h1-2,4-5H,3,6H2,(H,11,12)(H,13,14);1H3. The molecule has 0 aliphatic carbocycles. The van der Waals surface area contributed by atoms with E-state index in [1.54, 1.807) is 18.2 Å². The zero-order valence-corrected chi connectivity index (χ0v) is 9.38. The van der Waals surface area contributed by atoms with Crippen LogP contribution in [-0.4, -0.2) is 22.2 Å². The summed E-state index contributed by atoms with van der Waals surface area (Å²) >= 11 is 0. The molecule has 0 unspecified atom stereocenters. The highest BCUT2D eigenvalue weighted by molar-refractivity contribution is 5.87. The van der Waals surface area contributed by atoms with E-state index in [9.17, 15) is 9.59 Å². The number of aryl methyl sites for hydroxylation is 1. The number of hydrogen-bond donors (Lipinski definition) is 2. The van der Waals surface area contributed by atoms with Crippen molar-refractivity contribution in [1.82, 2.24) is 0 Å². The van der Waals surface area contributed by atoms with E-state index in [0.717, 1.165) is 5.56 Å². The monoisotopic (exact) mass is 235 g/mol. The smallest absolute Gasteiger partial charge is 0.335 e. The molecule has 0 amide bonds. The molecule has 0 spiro atoms. The van der Waals surface area contributed by atoms with Crippen molar-refractivity contribution < 1.29 is 19.8 Å². The predicted octanol–water partition coefficient (Wildman–Crippen LogP) is 1.93. The van der Waals surface area contributed by atoms with Gasteiger partial charge in [0.25, 0.3) is 0 Å². The Labute approximate surface area is 98.9 Å². The second-order valence-corrected chi connectivity index (χ2v) is 3.12. The fraction of sp³-hybridized carbons (Fsp3) is 0.250. The average molecular weight is 235 g/mol. The molecule has 0 aliphatic rings. The molecule has 1 aromatic carbocycles. The van der Waals surface area contributed by atoms with Crippen molar-refractivity contribution >= 4 is 11.9 Å². The van der Waals surface area contributed by atoms with Crippen molar-refractivity contribution in [3.05, 3.63) is 35.4 Å². The summed E-state index contributed by atoms with van der Waals surface area (Å²) in [7, 11) is 0. The van der Waals surface area contributed by atoms with Gasteiger partial charge >= 0.3 is 11.9 Å². The highest BCUT2D eigenvalue weighted by Crippen LogP contribution is 2.06. The van der Waals surface area contributed by atoms with Gasteiger partial charge in [0.2, 0.25) is 0 Å². The number of rotatable bonds is 4. The van der Waals surface area contributed by atoms with Crippen LogP contribution in [0, 0.1) is 11.3 Å². The first-order chi connectivity index (χ1) is 8.01. The minimum absolute atomic E-state index is 0.0619. The summed E-state index contributed by atoms with van der Waals surface area (Å²) in [4.78, 5) is 20.7. The lowest BCUT2D eigenvalue weighted by Crippen LogP contribution is -1.99. The third kappa shape index (κ3) is 6.68. The van der Waals surface area contributed by atoms with Crippen LogP contribution in [0.3, 0.4) is 0 Å². The van der Waals surface area contributed by atoms with Crippen molar-refractivity contribution in [1.29, 1.82) is 5.26 Å². The Balaban J connectivity index is 0.000000770. The largest absolute Gasteiger partial charge is 0.481 e. The Morgan fingerprint density at radius 1 is 1.24 bits per heavy atom. The molecular weight excluding hydrogens is 222 g/mol. The Hall–Kier alpha value is -2.35. The lowest BCUT2D eigenvalue weighted by atomic mass is 10.1. The minimum Gasteiger partial charge on any atom is -0.481 e. The van der Waals surface area contributed by atoms with E-state index in [1.807, 2.05) is 0 Å². The van der Waals surface area contributed by atoms with Crippen LogP contribution in [0.2, 0.25) is 0 Å². The van der Waals surface area contributed by atoms with Crippen LogP contribution in [-0.2, 0) is 11.2 Å². The molecule has 0 fully saturated rings. The van der Waals surface area contributed by atoms with Gasteiger partial charge in [0, 0.05) is 13.3 Å². The van der Waals surface area contributed by atoms with E-state index >= 15 is 0 Å². The summed E-state index contributed by atoms with van der Waals surface area (Å²) in [5, 5.41) is 24.3. The zero-order valence-electron chi connectivity index (χ0n) is 9.38. The number of carboxylic acid groups (broad SMARTS) is 2. The van der Waals surface area contributed by atoms with Gasteiger partial charge in [-0.05, 0) is 24.1 Å². The summed E-state index contributed by atoms with van der Waals surface area (Å²) in [6.07, 6.45) is 0.488. The van der Waals surface area contributed by atoms with Crippen LogP contribution in [0.15, 0.2) is 24.3 Å². The highest BCUT2D eigenvalue weighted by Gasteiger charge is 2.02. The molecule has 0 aromatic heterocycles. The second kappa shape index (κ2) is 7.88. The van der Waals surface area contributed by atoms with Crippen LogP contribution in [0.1, 0.15) is 29.3 Å². The normalized spacial score (nSPS) is 8.47. The molecule has 17 heavy (non-hydrogen) atoms. The summed E-state index contributed by atoms with van der Waals surface area (Å²) in [5.74, 6) is -1.83. The molecule has 5 nitrogen and oxygen atoms in total. The number of carboxylic acids is 2. The average Bonchev–Trinajstić information content (AvgIpc) is 2.28. The molecule has 1 rings (SSSR count). The molecule has 1 aromatic rings. The maximum atomic E-state index is 10.5. The fourth-order valence-corrected chi connectivity index (χ4v) is 1.07. The number of aromatic carboxylic acids is 1. The van der Waals surface area contributed by atoms with Gasteiger partial charge in [-0.2, -0.15) is 5.26 Å². The molecular formula is C12H13NO4. The number of hydrogen-bond acceptors (Lipinski definition) is 3. The van der Waals surface area contributed by atoms with Gasteiger partial charge in [-0.15, -0.1) is 0 Å². The summed E-state index contributed by atoms with van der Waals surface area (Å²) in [6.45, 7) is 1.43. The molecule has 2 N–H and O–H groups in total. The number of nitrogens with zero attached hydrogens (tertiary/aromatic N) is 1. The SMILES string of the molecule is CC#N.O=C(O)CCc1ccc(C(=O)O)cc1. The van der Waals surface area contributed by atoms with Crippen molar-refractivity contribution in [2.45, 2.75) is 19.8 Å². The quantitative estimate of drug-likeness (QED) is 0.830. The van der Waals surface area contributed by atoms with Crippen LogP contribution >= 0.6 is 0 Å². The third-order valence-electron chi connectivity index (χ3n) is 1.83. The number of carbonyl (C=O) groups is 2.